The van der Waals surface area contributed by atoms with Crippen LogP contribution in [0.4, 0.5) is 0 Å². The zero-order chi connectivity index (χ0) is 7.56. The van der Waals surface area contributed by atoms with Crippen molar-refractivity contribution in [1.82, 2.24) is 5.16 Å². The Bertz CT molecular complexity index is 216. The van der Waals surface area contributed by atoms with E-state index in [1.165, 1.54) is 12.3 Å². The largest absolute Gasteiger partial charge is 0.353 e. The average molecular weight is 140 g/mol. The van der Waals surface area contributed by atoms with Gasteiger partial charge in [-0.25, -0.2) is 0 Å². The number of hydrogen-bond acceptors (Lipinski definition) is 4. The highest BCUT2D eigenvalue weighted by molar-refractivity contribution is 5.97. The highest BCUT2D eigenvalue weighted by Gasteiger charge is 2.13. The Kier molecular flexibility index (Phi) is 1.82. The number of aromatic nitrogens is 1. The first-order chi connectivity index (χ1) is 4.72. The lowest BCUT2D eigenvalue weighted by Gasteiger charge is -1.96. The third kappa shape index (κ3) is 1.22. The summed E-state index contributed by atoms with van der Waals surface area (Å²) in [5.41, 5.74) is 5.29. The Balaban J connectivity index is 2.78. The van der Waals surface area contributed by atoms with Crippen molar-refractivity contribution in [3.63, 3.8) is 0 Å². The highest BCUT2D eigenvalue weighted by atomic mass is 16.5. The number of ketones is 1. The SMILES string of the molecule is CC(N)C(=O)c1ccno1. The summed E-state index contributed by atoms with van der Waals surface area (Å²) >= 11 is 0. The maximum atomic E-state index is 10.9. The van der Waals surface area contributed by atoms with Gasteiger partial charge in [-0.3, -0.25) is 4.79 Å². The van der Waals surface area contributed by atoms with Gasteiger partial charge in [0, 0.05) is 6.07 Å². The number of Topliss-reactive ketones (excluding diaryl/α,β-unsaturated/α-hetero) is 1. The smallest absolute Gasteiger partial charge is 0.217 e. The molecule has 0 aliphatic carbocycles. The van der Waals surface area contributed by atoms with Crippen LogP contribution in [0.3, 0.4) is 0 Å². The second-order valence-corrected chi connectivity index (χ2v) is 2.03. The Labute approximate surface area is 58.0 Å². The molecule has 0 aromatic carbocycles. The maximum absolute atomic E-state index is 10.9. The van der Waals surface area contributed by atoms with Crippen molar-refractivity contribution in [3.05, 3.63) is 18.0 Å². The number of rotatable bonds is 2. The molecule has 0 amide bonds. The summed E-state index contributed by atoms with van der Waals surface area (Å²) in [6.45, 7) is 1.60. The zero-order valence-corrected chi connectivity index (χ0v) is 5.57. The van der Waals surface area contributed by atoms with Crippen molar-refractivity contribution in [2.75, 3.05) is 0 Å². The van der Waals surface area contributed by atoms with Gasteiger partial charge in [0.15, 0.2) is 0 Å². The van der Waals surface area contributed by atoms with E-state index in [1.54, 1.807) is 6.92 Å². The average Bonchev–Trinajstić information content (AvgIpc) is 2.36. The van der Waals surface area contributed by atoms with E-state index in [2.05, 4.69) is 9.68 Å². The first kappa shape index (κ1) is 6.95. The summed E-state index contributed by atoms with van der Waals surface area (Å²) in [6, 6.07) is 0.971. The maximum Gasteiger partial charge on any atom is 0.217 e. The predicted molar refractivity (Wildman–Crippen MR) is 34.5 cm³/mol. The molecule has 0 aliphatic rings. The molecule has 4 nitrogen and oxygen atoms in total. The third-order valence-corrected chi connectivity index (χ3v) is 1.09. The van der Waals surface area contributed by atoms with Crippen molar-refractivity contribution in [2.24, 2.45) is 5.73 Å². The minimum Gasteiger partial charge on any atom is -0.353 e. The fourth-order valence-electron chi connectivity index (χ4n) is 0.567. The standard InChI is InChI=1S/C6H8N2O2/c1-4(7)6(9)5-2-3-8-10-5/h2-4H,7H2,1H3. The summed E-state index contributed by atoms with van der Waals surface area (Å²) in [5, 5.41) is 3.37. The molecule has 0 fully saturated rings. The first-order valence-corrected chi connectivity index (χ1v) is 2.92. The molecule has 54 valence electrons. The lowest BCUT2D eigenvalue weighted by atomic mass is 10.2. The van der Waals surface area contributed by atoms with Crippen LogP contribution >= 0.6 is 0 Å². The topological polar surface area (TPSA) is 69.1 Å². The minimum absolute atomic E-state index is 0.218. The van der Waals surface area contributed by atoms with Crippen LogP contribution in [0.15, 0.2) is 16.8 Å². The van der Waals surface area contributed by atoms with Crippen LogP contribution in [0.25, 0.3) is 0 Å². The van der Waals surface area contributed by atoms with E-state index in [9.17, 15) is 4.79 Å². The van der Waals surface area contributed by atoms with Crippen molar-refractivity contribution >= 4 is 5.78 Å². The van der Waals surface area contributed by atoms with Gasteiger partial charge in [0.2, 0.25) is 11.5 Å². The van der Waals surface area contributed by atoms with Gasteiger partial charge in [-0.2, -0.15) is 0 Å². The van der Waals surface area contributed by atoms with Crippen molar-refractivity contribution < 1.29 is 9.32 Å². The van der Waals surface area contributed by atoms with Gasteiger partial charge in [0.25, 0.3) is 0 Å². The summed E-state index contributed by atoms with van der Waals surface area (Å²) in [7, 11) is 0. The fraction of sp³-hybridized carbons (Fsp3) is 0.333. The monoisotopic (exact) mass is 140 g/mol. The quantitative estimate of drug-likeness (QED) is 0.596. The highest BCUT2D eigenvalue weighted by Crippen LogP contribution is 1.99. The van der Waals surface area contributed by atoms with Crippen LogP contribution in [-0.4, -0.2) is 17.0 Å². The summed E-state index contributed by atoms with van der Waals surface area (Å²) in [5.74, 6) is -0.00694. The van der Waals surface area contributed by atoms with Gasteiger partial charge < -0.3 is 10.3 Å². The van der Waals surface area contributed by atoms with Crippen LogP contribution < -0.4 is 5.73 Å². The second-order valence-electron chi connectivity index (χ2n) is 2.03. The number of hydrogen-bond donors (Lipinski definition) is 1. The molecular weight excluding hydrogens is 132 g/mol. The molecule has 1 aromatic rings. The number of nitrogens with zero attached hydrogens (tertiary/aromatic N) is 1. The Morgan fingerprint density at radius 3 is 3.00 bits per heavy atom. The van der Waals surface area contributed by atoms with Crippen molar-refractivity contribution in [3.8, 4) is 0 Å². The molecule has 1 unspecified atom stereocenters. The van der Waals surface area contributed by atoms with E-state index in [-0.39, 0.29) is 11.5 Å². The molecule has 1 atom stereocenters. The van der Waals surface area contributed by atoms with E-state index in [1.807, 2.05) is 0 Å². The van der Waals surface area contributed by atoms with Crippen LogP contribution in [-0.2, 0) is 0 Å². The normalized spacial score (nSPS) is 13.0. The van der Waals surface area contributed by atoms with Crippen molar-refractivity contribution in [1.29, 1.82) is 0 Å². The Morgan fingerprint density at radius 2 is 2.60 bits per heavy atom. The molecule has 1 heterocycles. The van der Waals surface area contributed by atoms with E-state index in [0.717, 1.165) is 0 Å². The van der Waals surface area contributed by atoms with Crippen LogP contribution in [0.5, 0.6) is 0 Å². The lowest BCUT2D eigenvalue weighted by molar-refractivity contribution is 0.0931. The van der Waals surface area contributed by atoms with Gasteiger partial charge in [-0.1, -0.05) is 5.16 Å². The minimum atomic E-state index is -0.520. The lowest BCUT2D eigenvalue weighted by Crippen LogP contribution is -2.26. The molecule has 2 N–H and O–H groups in total. The molecule has 0 spiro atoms. The Hall–Kier alpha value is -1.16. The number of carbonyl (C=O) groups is 1. The van der Waals surface area contributed by atoms with Crippen molar-refractivity contribution in [2.45, 2.75) is 13.0 Å². The predicted octanol–water partition coefficient (Wildman–Crippen LogP) is 0.205. The first-order valence-electron chi connectivity index (χ1n) is 2.92. The molecule has 1 aromatic heterocycles. The van der Waals surface area contributed by atoms with Gasteiger partial charge in [0.05, 0.1) is 12.2 Å². The third-order valence-electron chi connectivity index (χ3n) is 1.09. The molecule has 10 heavy (non-hydrogen) atoms. The second kappa shape index (κ2) is 2.62. The molecule has 1 rings (SSSR count). The van der Waals surface area contributed by atoms with Crippen LogP contribution in [0.1, 0.15) is 17.5 Å². The summed E-state index contributed by atoms with van der Waals surface area (Å²) in [4.78, 5) is 10.9. The molecule has 4 heteroatoms. The molecule has 0 saturated carbocycles. The molecule has 0 aliphatic heterocycles. The Morgan fingerprint density at radius 1 is 1.90 bits per heavy atom. The van der Waals surface area contributed by atoms with E-state index in [4.69, 9.17) is 5.73 Å². The van der Waals surface area contributed by atoms with Gasteiger partial charge >= 0.3 is 0 Å². The van der Waals surface area contributed by atoms with Gasteiger partial charge in [-0.05, 0) is 6.92 Å². The van der Waals surface area contributed by atoms with E-state index >= 15 is 0 Å². The molecule has 0 radical (unpaired) electrons. The van der Waals surface area contributed by atoms with Gasteiger partial charge in [0.1, 0.15) is 0 Å². The van der Waals surface area contributed by atoms with Crippen LogP contribution in [0.2, 0.25) is 0 Å². The number of nitrogens with two attached hydrogens (primary N) is 1. The molecule has 0 bridgehead atoms. The summed E-state index contributed by atoms with van der Waals surface area (Å²) in [6.07, 6.45) is 1.41. The molecular formula is C6H8N2O2. The molecule has 0 saturated heterocycles. The fourth-order valence-corrected chi connectivity index (χ4v) is 0.567. The summed E-state index contributed by atoms with van der Waals surface area (Å²) < 4.78 is 4.58. The van der Waals surface area contributed by atoms with Gasteiger partial charge in [-0.15, -0.1) is 0 Å². The zero-order valence-electron chi connectivity index (χ0n) is 5.57. The van der Waals surface area contributed by atoms with E-state index in [0.29, 0.717) is 0 Å². The van der Waals surface area contributed by atoms with Crippen LogP contribution in [0, 0.1) is 0 Å². The van der Waals surface area contributed by atoms with E-state index < -0.39 is 6.04 Å². The number of carbonyl (C=O) groups excluding carboxylic acids is 1.